The first-order chi connectivity index (χ1) is 7.82. The number of methoxy groups -OCH3 is 1. The minimum atomic E-state index is -0.445. The highest BCUT2D eigenvalue weighted by atomic mass is 35.5. The Labute approximate surface area is 108 Å². The molecule has 0 unspecified atom stereocenters. The van der Waals surface area contributed by atoms with Crippen LogP contribution in [0.15, 0.2) is 0 Å². The van der Waals surface area contributed by atoms with Gasteiger partial charge < -0.3 is 14.4 Å². The van der Waals surface area contributed by atoms with Crippen molar-refractivity contribution in [3.8, 4) is 0 Å². The van der Waals surface area contributed by atoms with E-state index in [9.17, 15) is 4.79 Å². The molecule has 1 heterocycles. The summed E-state index contributed by atoms with van der Waals surface area (Å²) < 4.78 is 10.8. The molecule has 0 aromatic rings. The van der Waals surface area contributed by atoms with Crippen molar-refractivity contribution in [1.82, 2.24) is 4.90 Å². The largest absolute Gasteiger partial charge is 0.444 e. The average Bonchev–Trinajstić information content (AvgIpc) is 2.27. The van der Waals surface area contributed by atoms with Crippen molar-refractivity contribution in [1.29, 1.82) is 0 Å². The fourth-order valence-electron chi connectivity index (χ4n) is 1.82. The Morgan fingerprint density at radius 3 is 2.24 bits per heavy atom. The molecule has 17 heavy (non-hydrogen) atoms. The maximum Gasteiger partial charge on any atom is 0.410 e. The molecule has 0 bridgehead atoms. The van der Waals surface area contributed by atoms with Gasteiger partial charge in [-0.15, -0.1) is 11.6 Å². The van der Waals surface area contributed by atoms with Crippen LogP contribution in [0.5, 0.6) is 0 Å². The summed E-state index contributed by atoms with van der Waals surface area (Å²) >= 11 is 5.91. The van der Waals surface area contributed by atoms with E-state index in [1.54, 1.807) is 12.0 Å². The second kappa shape index (κ2) is 5.44. The third-order valence-corrected chi connectivity index (χ3v) is 3.49. The van der Waals surface area contributed by atoms with Crippen LogP contribution in [0.25, 0.3) is 0 Å². The molecular weight excluding hydrogens is 242 g/mol. The summed E-state index contributed by atoms with van der Waals surface area (Å²) in [6, 6.07) is 0. The number of alkyl halides is 1. The van der Waals surface area contributed by atoms with Crippen LogP contribution in [0.3, 0.4) is 0 Å². The summed E-state index contributed by atoms with van der Waals surface area (Å²) in [4.78, 5) is 13.5. The molecule has 0 aromatic carbocycles. The minimum absolute atomic E-state index is 0.253. The number of hydrogen-bond donors (Lipinski definition) is 0. The number of nitrogens with zero attached hydrogens (tertiary/aromatic N) is 1. The van der Waals surface area contributed by atoms with Gasteiger partial charge in [-0.05, 0) is 33.6 Å². The topological polar surface area (TPSA) is 38.8 Å². The van der Waals surface area contributed by atoms with Gasteiger partial charge in [-0.25, -0.2) is 4.79 Å². The zero-order chi connectivity index (χ0) is 13.1. The van der Waals surface area contributed by atoms with E-state index in [0.717, 1.165) is 12.8 Å². The smallest absolute Gasteiger partial charge is 0.410 e. The van der Waals surface area contributed by atoms with Crippen LogP contribution >= 0.6 is 11.6 Å². The number of piperidine rings is 1. The molecule has 4 nitrogen and oxygen atoms in total. The molecule has 0 spiro atoms. The first-order valence-electron chi connectivity index (χ1n) is 5.91. The lowest BCUT2D eigenvalue weighted by atomic mass is 9.93. The first-order valence-corrected chi connectivity index (χ1v) is 6.44. The van der Waals surface area contributed by atoms with Gasteiger partial charge in [-0.3, -0.25) is 0 Å². The molecule has 1 rings (SSSR count). The highest BCUT2D eigenvalue weighted by Gasteiger charge is 2.36. The van der Waals surface area contributed by atoms with Gasteiger partial charge in [0.25, 0.3) is 0 Å². The van der Waals surface area contributed by atoms with Crippen molar-refractivity contribution in [2.75, 3.05) is 26.1 Å². The van der Waals surface area contributed by atoms with Crippen molar-refractivity contribution in [3.63, 3.8) is 0 Å². The van der Waals surface area contributed by atoms with E-state index < -0.39 is 5.60 Å². The zero-order valence-electron chi connectivity index (χ0n) is 11.1. The van der Waals surface area contributed by atoms with Gasteiger partial charge in [0.15, 0.2) is 0 Å². The molecule has 0 aliphatic carbocycles. The van der Waals surface area contributed by atoms with Crippen LogP contribution in [0, 0.1) is 0 Å². The summed E-state index contributed by atoms with van der Waals surface area (Å²) in [5.41, 5.74) is -0.723. The second-order valence-corrected chi connectivity index (χ2v) is 5.76. The lowest BCUT2D eigenvalue weighted by Gasteiger charge is -2.39. The zero-order valence-corrected chi connectivity index (χ0v) is 11.8. The van der Waals surface area contributed by atoms with Gasteiger partial charge in [0.1, 0.15) is 5.60 Å². The fraction of sp³-hybridized carbons (Fsp3) is 0.917. The quantitative estimate of drug-likeness (QED) is 0.719. The third kappa shape index (κ3) is 4.03. The van der Waals surface area contributed by atoms with E-state index in [2.05, 4.69) is 0 Å². The van der Waals surface area contributed by atoms with Crippen molar-refractivity contribution < 1.29 is 14.3 Å². The third-order valence-electron chi connectivity index (χ3n) is 3.00. The highest BCUT2D eigenvalue weighted by molar-refractivity contribution is 6.18. The molecule has 0 atom stereocenters. The van der Waals surface area contributed by atoms with Gasteiger partial charge >= 0.3 is 6.09 Å². The van der Waals surface area contributed by atoms with Gasteiger partial charge in [0.05, 0.1) is 11.5 Å². The molecule has 0 radical (unpaired) electrons. The van der Waals surface area contributed by atoms with Crippen molar-refractivity contribution >= 4 is 17.7 Å². The number of carbonyl (C=O) groups excluding carboxylic acids is 1. The number of halogens is 1. The van der Waals surface area contributed by atoms with E-state index >= 15 is 0 Å². The molecule has 1 fully saturated rings. The fourth-order valence-corrected chi connectivity index (χ4v) is 2.19. The predicted octanol–water partition coefficient (Wildman–Crippen LogP) is 2.64. The maximum absolute atomic E-state index is 11.8. The van der Waals surface area contributed by atoms with E-state index in [4.69, 9.17) is 21.1 Å². The lowest BCUT2D eigenvalue weighted by molar-refractivity contribution is -0.0456. The maximum atomic E-state index is 11.8. The number of ether oxygens (including phenoxy) is 2. The first kappa shape index (κ1) is 14.6. The van der Waals surface area contributed by atoms with E-state index in [1.807, 2.05) is 20.8 Å². The number of rotatable bonds is 2. The Hall–Kier alpha value is -0.480. The van der Waals surface area contributed by atoms with Crippen LogP contribution in [0.4, 0.5) is 4.79 Å². The molecule has 1 aliphatic heterocycles. The van der Waals surface area contributed by atoms with Crippen molar-refractivity contribution in [3.05, 3.63) is 0 Å². The Balaban J connectivity index is 2.49. The Morgan fingerprint density at radius 1 is 1.35 bits per heavy atom. The Kier molecular flexibility index (Phi) is 4.67. The molecule has 1 saturated heterocycles. The highest BCUT2D eigenvalue weighted by Crippen LogP contribution is 2.27. The summed E-state index contributed by atoms with van der Waals surface area (Å²) in [6.07, 6.45) is 1.26. The monoisotopic (exact) mass is 263 g/mol. The molecule has 100 valence electrons. The number of carbonyl (C=O) groups is 1. The normalized spacial score (nSPS) is 20.2. The molecule has 0 N–H and O–H groups in total. The average molecular weight is 264 g/mol. The second-order valence-electron chi connectivity index (χ2n) is 5.49. The van der Waals surface area contributed by atoms with Gasteiger partial charge in [0, 0.05) is 20.2 Å². The van der Waals surface area contributed by atoms with Crippen LogP contribution in [0.1, 0.15) is 33.6 Å². The van der Waals surface area contributed by atoms with Crippen LogP contribution in [-0.4, -0.2) is 48.3 Å². The number of hydrogen-bond acceptors (Lipinski definition) is 3. The van der Waals surface area contributed by atoms with Crippen LogP contribution in [-0.2, 0) is 9.47 Å². The summed E-state index contributed by atoms with van der Waals surface area (Å²) in [6.45, 7) is 6.87. The molecular formula is C12H22ClNO3. The molecule has 0 saturated carbocycles. The van der Waals surface area contributed by atoms with Gasteiger partial charge in [-0.2, -0.15) is 0 Å². The molecule has 1 aliphatic rings. The van der Waals surface area contributed by atoms with E-state index in [-0.39, 0.29) is 11.7 Å². The minimum Gasteiger partial charge on any atom is -0.444 e. The standard InChI is InChI=1S/C12H22ClNO3/c1-11(2,3)17-10(15)14-7-5-12(9-13,16-4)6-8-14/h5-9H2,1-4H3. The number of amides is 1. The number of likely N-dealkylation sites (tertiary alicyclic amines) is 1. The van der Waals surface area contributed by atoms with Gasteiger partial charge in [-0.1, -0.05) is 0 Å². The summed E-state index contributed by atoms with van der Waals surface area (Å²) in [7, 11) is 1.67. The SMILES string of the molecule is COC1(CCl)CCN(C(=O)OC(C)(C)C)CC1. The molecule has 5 heteroatoms. The lowest BCUT2D eigenvalue weighted by Crippen LogP contribution is -2.49. The van der Waals surface area contributed by atoms with Crippen LogP contribution in [0.2, 0.25) is 0 Å². The van der Waals surface area contributed by atoms with Crippen LogP contribution < -0.4 is 0 Å². The van der Waals surface area contributed by atoms with Crippen molar-refractivity contribution in [2.45, 2.75) is 44.8 Å². The Morgan fingerprint density at radius 2 is 1.88 bits per heavy atom. The molecule has 0 aromatic heterocycles. The summed E-state index contributed by atoms with van der Waals surface area (Å²) in [5, 5.41) is 0. The summed E-state index contributed by atoms with van der Waals surface area (Å²) in [5.74, 6) is 0.464. The molecule has 1 amide bonds. The van der Waals surface area contributed by atoms with Gasteiger partial charge in [0.2, 0.25) is 0 Å². The predicted molar refractivity (Wildman–Crippen MR) is 67.5 cm³/mol. The Bertz CT molecular complexity index is 261. The van der Waals surface area contributed by atoms with E-state index in [1.165, 1.54) is 0 Å². The van der Waals surface area contributed by atoms with Crippen molar-refractivity contribution in [2.24, 2.45) is 0 Å². The van der Waals surface area contributed by atoms with E-state index in [0.29, 0.717) is 19.0 Å².